The standard InChI is InChI=1S/C19H33N3O2/c1-2-24-17-13-16(19(17)8-3-4-9-19)21-18(23)20-14-7-11-22-10-5-6-15(22)12-14/h14-17H,2-13H2,1H3,(H2,20,21,23)/t14-,15-,16-,17+/m0/s1. The van der Waals surface area contributed by atoms with Crippen LogP contribution in [-0.2, 0) is 4.74 Å². The Balaban J connectivity index is 1.28. The molecular formula is C19H33N3O2. The van der Waals surface area contributed by atoms with E-state index in [1.807, 2.05) is 0 Å². The maximum absolute atomic E-state index is 12.5. The predicted molar refractivity (Wildman–Crippen MR) is 94.0 cm³/mol. The number of piperidine rings is 1. The number of hydrogen-bond donors (Lipinski definition) is 2. The largest absolute Gasteiger partial charge is 0.378 e. The smallest absolute Gasteiger partial charge is 0.315 e. The summed E-state index contributed by atoms with van der Waals surface area (Å²) in [5, 5.41) is 6.57. The maximum Gasteiger partial charge on any atom is 0.315 e. The molecule has 1 spiro atoms. The maximum atomic E-state index is 12.5. The Hall–Kier alpha value is -0.810. The van der Waals surface area contributed by atoms with Crippen molar-refractivity contribution < 1.29 is 9.53 Å². The molecule has 0 bridgehead atoms. The number of nitrogens with zero attached hydrogens (tertiary/aromatic N) is 1. The molecule has 2 aliphatic carbocycles. The van der Waals surface area contributed by atoms with E-state index >= 15 is 0 Å². The molecule has 2 amide bonds. The van der Waals surface area contributed by atoms with E-state index in [2.05, 4.69) is 22.5 Å². The Bertz CT molecular complexity index is 464. The lowest BCUT2D eigenvalue weighted by atomic mass is 9.60. The molecule has 2 saturated heterocycles. The SMILES string of the molecule is CCO[C@@H]1C[C@H](NC(=O)N[C@H]2CCN3CCC[C@H]3C2)C12CCCC2. The predicted octanol–water partition coefficient (Wildman–Crippen LogP) is 2.65. The molecule has 4 fully saturated rings. The van der Waals surface area contributed by atoms with Gasteiger partial charge in [0.05, 0.1) is 6.10 Å². The first-order chi connectivity index (χ1) is 11.7. The number of fused-ring (bicyclic) bond motifs is 1. The molecule has 0 aromatic heterocycles. The molecule has 0 aromatic carbocycles. The van der Waals surface area contributed by atoms with Crippen LogP contribution in [0, 0.1) is 5.41 Å². The van der Waals surface area contributed by atoms with Gasteiger partial charge in [0.15, 0.2) is 0 Å². The zero-order valence-electron chi connectivity index (χ0n) is 15.1. The van der Waals surface area contributed by atoms with Gasteiger partial charge in [-0.05, 0) is 58.4 Å². The van der Waals surface area contributed by atoms with Crippen LogP contribution in [0.1, 0.15) is 64.7 Å². The van der Waals surface area contributed by atoms with Gasteiger partial charge >= 0.3 is 6.03 Å². The molecule has 0 aromatic rings. The van der Waals surface area contributed by atoms with Crippen molar-refractivity contribution in [2.75, 3.05) is 19.7 Å². The fourth-order valence-electron chi connectivity index (χ4n) is 5.83. The first kappa shape index (κ1) is 16.6. The Morgan fingerprint density at radius 3 is 2.75 bits per heavy atom. The third-order valence-corrected chi connectivity index (χ3v) is 7.15. The average molecular weight is 335 g/mol. The number of amides is 2. The molecule has 5 nitrogen and oxygen atoms in total. The summed E-state index contributed by atoms with van der Waals surface area (Å²) < 4.78 is 5.95. The van der Waals surface area contributed by atoms with Gasteiger partial charge in [0, 0.05) is 36.7 Å². The molecule has 4 atom stereocenters. The second kappa shape index (κ2) is 6.83. The van der Waals surface area contributed by atoms with Crippen LogP contribution in [0.25, 0.3) is 0 Å². The van der Waals surface area contributed by atoms with Crippen LogP contribution in [0.5, 0.6) is 0 Å². The number of carbonyl (C=O) groups excluding carboxylic acids is 1. The highest BCUT2D eigenvalue weighted by Crippen LogP contribution is 2.54. The highest BCUT2D eigenvalue weighted by molar-refractivity contribution is 5.75. The quantitative estimate of drug-likeness (QED) is 0.830. The van der Waals surface area contributed by atoms with Gasteiger partial charge in [-0.15, -0.1) is 0 Å². The number of ether oxygens (including phenoxy) is 1. The van der Waals surface area contributed by atoms with Gasteiger partial charge in [0.2, 0.25) is 0 Å². The van der Waals surface area contributed by atoms with E-state index in [1.165, 1.54) is 45.1 Å². The Labute approximate surface area is 145 Å². The van der Waals surface area contributed by atoms with Crippen LogP contribution in [0.15, 0.2) is 0 Å². The second-order valence-corrected chi connectivity index (χ2v) is 8.34. The molecule has 2 N–H and O–H groups in total. The first-order valence-corrected chi connectivity index (χ1v) is 10.1. The van der Waals surface area contributed by atoms with Crippen LogP contribution >= 0.6 is 0 Å². The van der Waals surface area contributed by atoms with Crippen LogP contribution in [0.2, 0.25) is 0 Å². The average Bonchev–Trinajstić information content (AvgIpc) is 3.24. The van der Waals surface area contributed by atoms with E-state index in [9.17, 15) is 4.79 Å². The van der Waals surface area contributed by atoms with Gasteiger partial charge in [0.1, 0.15) is 0 Å². The van der Waals surface area contributed by atoms with Crippen molar-refractivity contribution in [3.05, 3.63) is 0 Å². The van der Waals surface area contributed by atoms with Crippen molar-refractivity contribution in [1.29, 1.82) is 0 Å². The monoisotopic (exact) mass is 335 g/mol. The number of nitrogens with one attached hydrogen (secondary N) is 2. The summed E-state index contributed by atoms with van der Waals surface area (Å²) in [6, 6.07) is 1.42. The second-order valence-electron chi connectivity index (χ2n) is 8.34. The van der Waals surface area contributed by atoms with Crippen molar-refractivity contribution in [2.24, 2.45) is 5.41 Å². The van der Waals surface area contributed by atoms with E-state index in [1.54, 1.807) is 0 Å². The van der Waals surface area contributed by atoms with Crippen LogP contribution in [0.4, 0.5) is 4.79 Å². The minimum Gasteiger partial charge on any atom is -0.378 e. The van der Waals surface area contributed by atoms with Gasteiger partial charge in [-0.3, -0.25) is 0 Å². The molecule has 24 heavy (non-hydrogen) atoms. The van der Waals surface area contributed by atoms with E-state index in [0.717, 1.165) is 32.4 Å². The number of urea groups is 1. The van der Waals surface area contributed by atoms with Crippen LogP contribution in [-0.4, -0.2) is 54.9 Å². The van der Waals surface area contributed by atoms with Gasteiger partial charge in [0.25, 0.3) is 0 Å². The zero-order chi connectivity index (χ0) is 16.6. The number of carbonyl (C=O) groups is 1. The van der Waals surface area contributed by atoms with E-state index in [-0.39, 0.29) is 11.4 Å². The number of hydrogen-bond acceptors (Lipinski definition) is 3. The molecule has 5 heteroatoms. The van der Waals surface area contributed by atoms with Crippen LogP contribution in [0.3, 0.4) is 0 Å². The molecule has 2 saturated carbocycles. The summed E-state index contributed by atoms with van der Waals surface area (Å²) in [7, 11) is 0. The summed E-state index contributed by atoms with van der Waals surface area (Å²) in [5.41, 5.74) is 0.224. The minimum atomic E-state index is 0.0534. The molecular weight excluding hydrogens is 302 g/mol. The third kappa shape index (κ3) is 2.94. The molecule has 0 unspecified atom stereocenters. The highest BCUT2D eigenvalue weighted by atomic mass is 16.5. The molecule has 0 radical (unpaired) electrons. The van der Waals surface area contributed by atoms with Gasteiger partial charge in [-0.1, -0.05) is 12.8 Å². The van der Waals surface area contributed by atoms with E-state index < -0.39 is 0 Å². The van der Waals surface area contributed by atoms with Crippen molar-refractivity contribution >= 4 is 6.03 Å². The van der Waals surface area contributed by atoms with Crippen molar-refractivity contribution in [3.63, 3.8) is 0 Å². The topological polar surface area (TPSA) is 53.6 Å². The Kier molecular flexibility index (Phi) is 4.74. The van der Waals surface area contributed by atoms with Gasteiger partial charge in [-0.25, -0.2) is 4.79 Å². The highest BCUT2D eigenvalue weighted by Gasteiger charge is 2.57. The Morgan fingerprint density at radius 1 is 1.12 bits per heavy atom. The van der Waals surface area contributed by atoms with Gasteiger partial charge in [-0.2, -0.15) is 0 Å². The first-order valence-electron chi connectivity index (χ1n) is 10.1. The normalized spacial score (nSPS) is 37.9. The van der Waals surface area contributed by atoms with Crippen LogP contribution < -0.4 is 10.6 Å². The molecule has 2 heterocycles. The zero-order valence-corrected chi connectivity index (χ0v) is 15.1. The van der Waals surface area contributed by atoms with Crippen molar-refractivity contribution in [1.82, 2.24) is 15.5 Å². The molecule has 4 rings (SSSR count). The third-order valence-electron chi connectivity index (χ3n) is 7.15. The summed E-state index contributed by atoms with van der Waals surface area (Å²) in [5.74, 6) is 0. The van der Waals surface area contributed by atoms with Gasteiger partial charge < -0.3 is 20.3 Å². The fraction of sp³-hybridized carbons (Fsp3) is 0.947. The summed E-state index contributed by atoms with van der Waals surface area (Å²) >= 11 is 0. The lowest BCUT2D eigenvalue weighted by Gasteiger charge is -2.54. The molecule has 4 aliphatic rings. The van der Waals surface area contributed by atoms with E-state index in [0.29, 0.717) is 24.2 Å². The minimum absolute atomic E-state index is 0.0534. The van der Waals surface area contributed by atoms with E-state index in [4.69, 9.17) is 4.74 Å². The van der Waals surface area contributed by atoms with Crippen molar-refractivity contribution in [2.45, 2.75) is 88.9 Å². The van der Waals surface area contributed by atoms with Crippen molar-refractivity contribution in [3.8, 4) is 0 Å². The summed E-state index contributed by atoms with van der Waals surface area (Å²) in [6.07, 6.45) is 11.2. The summed E-state index contributed by atoms with van der Waals surface area (Å²) in [4.78, 5) is 15.1. The number of rotatable bonds is 4. The fourth-order valence-corrected chi connectivity index (χ4v) is 5.83. The summed E-state index contributed by atoms with van der Waals surface area (Å²) in [6.45, 7) is 5.26. The Morgan fingerprint density at radius 2 is 1.96 bits per heavy atom. The lowest BCUT2D eigenvalue weighted by molar-refractivity contribution is -0.126. The lowest BCUT2D eigenvalue weighted by Crippen LogP contribution is -2.65. The molecule has 2 aliphatic heterocycles. The molecule has 136 valence electrons.